The molecule has 0 spiro atoms. The van der Waals surface area contributed by atoms with Crippen LogP contribution in [-0.4, -0.2) is 38.4 Å². The van der Waals surface area contributed by atoms with E-state index in [0.29, 0.717) is 16.9 Å². The first-order chi connectivity index (χ1) is 11.1. The van der Waals surface area contributed by atoms with Crippen LogP contribution in [0.3, 0.4) is 0 Å². The Morgan fingerprint density at radius 3 is 2.83 bits per heavy atom. The zero-order chi connectivity index (χ0) is 16.2. The molecule has 0 unspecified atom stereocenters. The number of rotatable bonds is 3. The number of anilines is 1. The van der Waals surface area contributed by atoms with Gasteiger partial charge in [0.1, 0.15) is 0 Å². The predicted octanol–water partition coefficient (Wildman–Crippen LogP) is 3.50. The van der Waals surface area contributed by atoms with Crippen molar-refractivity contribution in [3.8, 4) is 11.4 Å². The van der Waals surface area contributed by atoms with E-state index in [2.05, 4.69) is 33.5 Å². The monoisotopic (exact) mass is 331 g/mol. The van der Waals surface area contributed by atoms with Gasteiger partial charge in [0.05, 0.1) is 0 Å². The molecule has 0 saturated carbocycles. The maximum absolute atomic E-state index is 12.3. The van der Waals surface area contributed by atoms with Crippen molar-refractivity contribution in [2.75, 3.05) is 18.4 Å². The molecule has 1 aliphatic rings. The molecule has 6 nitrogen and oxygen atoms in total. The molecule has 2 amide bonds. The van der Waals surface area contributed by atoms with Gasteiger partial charge in [0.15, 0.2) is 5.82 Å². The van der Waals surface area contributed by atoms with Crippen molar-refractivity contribution in [1.29, 1.82) is 0 Å². The number of carbonyl (C=O) groups excluding carboxylic acids is 1. The topological polar surface area (TPSA) is 71.0 Å². The van der Waals surface area contributed by atoms with Gasteiger partial charge in [-0.2, -0.15) is 9.36 Å². The van der Waals surface area contributed by atoms with E-state index in [9.17, 15) is 4.79 Å². The summed E-state index contributed by atoms with van der Waals surface area (Å²) >= 11 is 1.19. The Labute approximate surface area is 140 Å². The van der Waals surface area contributed by atoms with Crippen molar-refractivity contribution in [3.05, 3.63) is 24.5 Å². The fraction of sp³-hybridized carbons (Fsp3) is 0.500. The van der Waals surface area contributed by atoms with Crippen LogP contribution in [0.25, 0.3) is 11.4 Å². The number of aromatic nitrogens is 3. The molecule has 23 heavy (non-hydrogen) atoms. The summed E-state index contributed by atoms with van der Waals surface area (Å²) in [5, 5.41) is 3.38. The van der Waals surface area contributed by atoms with Crippen molar-refractivity contribution in [2.45, 2.75) is 26.7 Å². The number of hydrogen-bond acceptors (Lipinski definition) is 5. The molecular weight excluding hydrogens is 310 g/mol. The number of carbonyl (C=O) groups is 1. The first kappa shape index (κ1) is 15.9. The first-order valence-corrected chi connectivity index (χ1v) is 8.71. The fourth-order valence-corrected chi connectivity index (χ4v) is 3.41. The van der Waals surface area contributed by atoms with Gasteiger partial charge in [0.25, 0.3) is 0 Å². The van der Waals surface area contributed by atoms with Crippen LogP contribution in [-0.2, 0) is 0 Å². The number of amides is 2. The largest absolute Gasteiger partial charge is 0.324 e. The number of urea groups is 1. The second-order valence-electron chi connectivity index (χ2n) is 6.16. The highest BCUT2D eigenvalue weighted by Gasteiger charge is 2.25. The molecule has 3 rings (SSSR count). The van der Waals surface area contributed by atoms with Crippen molar-refractivity contribution < 1.29 is 4.79 Å². The van der Waals surface area contributed by atoms with E-state index in [1.165, 1.54) is 11.5 Å². The van der Waals surface area contributed by atoms with Crippen LogP contribution >= 0.6 is 11.5 Å². The van der Waals surface area contributed by atoms with E-state index in [-0.39, 0.29) is 6.03 Å². The molecular formula is C16H21N5OS. The Kier molecular flexibility index (Phi) is 4.85. The van der Waals surface area contributed by atoms with E-state index in [4.69, 9.17) is 0 Å². The molecule has 0 aliphatic carbocycles. The second kappa shape index (κ2) is 7.04. The highest BCUT2D eigenvalue weighted by atomic mass is 32.1. The van der Waals surface area contributed by atoms with Crippen LogP contribution in [0.4, 0.5) is 9.93 Å². The molecule has 122 valence electrons. The number of pyridine rings is 1. The summed E-state index contributed by atoms with van der Waals surface area (Å²) in [7, 11) is 0. The van der Waals surface area contributed by atoms with Gasteiger partial charge >= 0.3 is 6.03 Å². The minimum Gasteiger partial charge on any atom is -0.324 e. The van der Waals surface area contributed by atoms with Gasteiger partial charge in [-0.1, -0.05) is 13.8 Å². The summed E-state index contributed by atoms with van der Waals surface area (Å²) in [5.74, 6) is 2.00. The number of hydrogen-bond donors (Lipinski definition) is 1. The number of likely N-dealkylation sites (tertiary alicyclic amines) is 1. The van der Waals surface area contributed by atoms with E-state index in [1.807, 2.05) is 17.0 Å². The minimum atomic E-state index is -0.0823. The van der Waals surface area contributed by atoms with Gasteiger partial charge < -0.3 is 4.90 Å². The lowest BCUT2D eigenvalue weighted by molar-refractivity contribution is 0.167. The molecule has 0 aromatic carbocycles. The van der Waals surface area contributed by atoms with Crippen LogP contribution in [0.2, 0.25) is 0 Å². The zero-order valence-electron chi connectivity index (χ0n) is 13.4. The van der Waals surface area contributed by atoms with E-state index in [1.54, 1.807) is 12.4 Å². The van der Waals surface area contributed by atoms with E-state index in [0.717, 1.165) is 37.4 Å². The van der Waals surface area contributed by atoms with E-state index >= 15 is 0 Å². The standard InChI is InChI=1S/C16H21N5OS/c1-11(2)12-5-8-21(9-6-12)16(22)19-15-18-14(20-23-15)13-4-3-7-17-10-13/h3-4,7,10-12H,5-6,8-9H2,1-2H3,(H,18,19,20,22). The minimum absolute atomic E-state index is 0.0823. The van der Waals surface area contributed by atoms with Crippen molar-refractivity contribution in [2.24, 2.45) is 11.8 Å². The number of piperidine rings is 1. The number of nitrogens with one attached hydrogen (secondary N) is 1. The summed E-state index contributed by atoms with van der Waals surface area (Å²) in [4.78, 5) is 22.6. The van der Waals surface area contributed by atoms with Gasteiger partial charge in [-0.25, -0.2) is 4.79 Å². The average molecular weight is 331 g/mol. The molecule has 1 aliphatic heterocycles. The summed E-state index contributed by atoms with van der Waals surface area (Å²) < 4.78 is 4.28. The normalized spacial score (nSPS) is 15.9. The maximum Gasteiger partial charge on any atom is 0.323 e. The molecule has 1 saturated heterocycles. The van der Waals surface area contributed by atoms with Crippen LogP contribution in [0.1, 0.15) is 26.7 Å². The Balaban J connectivity index is 1.58. The molecule has 1 fully saturated rings. The maximum atomic E-state index is 12.3. The van der Waals surface area contributed by atoms with Crippen LogP contribution < -0.4 is 5.32 Å². The molecule has 0 atom stereocenters. The summed E-state index contributed by atoms with van der Waals surface area (Å²) in [6.45, 7) is 6.12. The highest BCUT2D eigenvalue weighted by Crippen LogP contribution is 2.25. The third-order valence-electron chi connectivity index (χ3n) is 4.33. The zero-order valence-corrected chi connectivity index (χ0v) is 14.2. The molecule has 2 aromatic rings. The van der Waals surface area contributed by atoms with Crippen molar-refractivity contribution in [3.63, 3.8) is 0 Å². The van der Waals surface area contributed by atoms with Crippen LogP contribution in [0.5, 0.6) is 0 Å². The Bertz CT molecular complexity index is 650. The predicted molar refractivity (Wildman–Crippen MR) is 91.3 cm³/mol. The van der Waals surface area contributed by atoms with Crippen LogP contribution in [0, 0.1) is 11.8 Å². The summed E-state index contributed by atoms with van der Waals surface area (Å²) in [5.41, 5.74) is 0.849. The lowest BCUT2D eigenvalue weighted by Gasteiger charge is -2.33. The molecule has 0 radical (unpaired) electrons. The van der Waals surface area contributed by atoms with Gasteiger partial charge in [0.2, 0.25) is 5.13 Å². The Morgan fingerprint density at radius 1 is 1.39 bits per heavy atom. The molecule has 7 heteroatoms. The summed E-state index contributed by atoms with van der Waals surface area (Å²) in [6, 6.07) is 3.66. The third-order valence-corrected chi connectivity index (χ3v) is 4.96. The quantitative estimate of drug-likeness (QED) is 0.934. The lowest BCUT2D eigenvalue weighted by atomic mass is 9.87. The first-order valence-electron chi connectivity index (χ1n) is 7.93. The van der Waals surface area contributed by atoms with Crippen molar-refractivity contribution in [1.82, 2.24) is 19.2 Å². The van der Waals surface area contributed by atoms with Gasteiger partial charge in [0, 0.05) is 42.6 Å². The van der Waals surface area contributed by atoms with Gasteiger partial charge in [-0.05, 0) is 36.8 Å². The Morgan fingerprint density at radius 2 is 2.17 bits per heavy atom. The van der Waals surface area contributed by atoms with Crippen LogP contribution in [0.15, 0.2) is 24.5 Å². The van der Waals surface area contributed by atoms with E-state index < -0.39 is 0 Å². The fourth-order valence-electron chi connectivity index (χ4n) is 2.83. The second-order valence-corrected chi connectivity index (χ2v) is 6.92. The summed E-state index contributed by atoms with van der Waals surface area (Å²) in [6.07, 6.45) is 5.56. The highest BCUT2D eigenvalue weighted by molar-refractivity contribution is 7.10. The molecule has 1 N–H and O–H groups in total. The third kappa shape index (κ3) is 3.85. The average Bonchev–Trinajstić information content (AvgIpc) is 3.04. The smallest absolute Gasteiger partial charge is 0.323 e. The molecule has 0 bridgehead atoms. The lowest BCUT2D eigenvalue weighted by Crippen LogP contribution is -2.41. The number of nitrogens with zero attached hydrogens (tertiary/aromatic N) is 4. The van der Waals surface area contributed by atoms with Gasteiger partial charge in [-0.15, -0.1) is 0 Å². The Hall–Kier alpha value is -2.02. The SMILES string of the molecule is CC(C)C1CCN(C(=O)Nc2nc(-c3cccnc3)ns2)CC1. The van der Waals surface area contributed by atoms with Crippen molar-refractivity contribution >= 4 is 22.7 Å². The molecule has 2 aromatic heterocycles. The van der Waals surface area contributed by atoms with Gasteiger partial charge in [-0.3, -0.25) is 10.3 Å². The molecule has 3 heterocycles.